The van der Waals surface area contributed by atoms with E-state index in [1.165, 1.54) is 11.8 Å². The molecule has 104 valence electrons. The van der Waals surface area contributed by atoms with Crippen LogP contribution in [0.25, 0.3) is 0 Å². The molecule has 2 N–H and O–H groups in total. The van der Waals surface area contributed by atoms with Gasteiger partial charge >= 0.3 is 0 Å². The van der Waals surface area contributed by atoms with Crippen LogP contribution < -0.4 is 10.7 Å². The van der Waals surface area contributed by atoms with Crippen LogP contribution in [0.4, 0.5) is 5.69 Å². The molecule has 7 heteroatoms. The minimum Gasteiger partial charge on any atom is -0.331 e. The number of amides is 1. The second-order valence-corrected chi connectivity index (χ2v) is 5.26. The number of benzene rings is 1. The summed E-state index contributed by atoms with van der Waals surface area (Å²) in [4.78, 5) is 13.2. The number of thioether (sulfide) groups is 1. The number of nitrogens with zero attached hydrogens (tertiary/aromatic N) is 2. The number of hydrogen-bond donors (Lipinski definition) is 2. The molecule has 1 fully saturated rings. The van der Waals surface area contributed by atoms with Crippen LogP contribution in [0, 0.1) is 0 Å². The maximum atomic E-state index is 11.6. The number of hydrogen-bond acceptors (Lipinski definition) is 4. The van der Waals surface area contributed by atoms with Crippen molar-refractivity contribution in [2.24, 2.45) is 5.10 Å². The highest BCUT2D eigenvalue weighted by Crippen LogP contribution is 2.18. The van der Waals surface area contributed by atoms with Crippen molar-refractivity contribution in [2.45, 2.75) is 0 Å². The zero-order chi connectivity index (χ0) is 14.4. The Morgan fingerprint density at radius 2 is 2.25 bits per heavy atom. The first-order valence-electron chi connectivity index (χ1n) is 5.94. The number of anilines is 1. The molecule has 0 unspecified atom stereocenters. The van der Waals surface area contributed by atoms with Crippen molar-refractivity contribution in [2.75, 3.05) is 17.6 Å². The highest BCUT2D eigenvalue weighted by Gasteiger charge is 2.27. The fourth-order valence-electron chi connectivity index (χ4n) is 1.57. The Bertz CT molecular complexity index is 545. The summed E-state index contributed by atoms with van der Waals surface area (Å²) < 4.78 is 0. The van der Waals surface area contributed by atoms with Gasteiger partial charge in [0.25, 0.3) is 0 Å². The molecule has 1 aliphatic heterocycles. The molecule has 0 spiro atoms. The Morgan fingerprint density at radius 3 is 2.95 bits per heavy atom. The van der Waals surface area contributed by atoms with E-state index in [0.717, 1.165) is 5.69 Å². The quantitative estimate of drug-likeness (QED) is 0.506. The normalized spacial score (nSPS) is 16.3. The number of amidine groups is 1. The molecule has 0 aromatic heterocycles. The van der Waals surface area contributed by atoms with Crippen LogP contribution in [0.15, 0.2) is 48.1 Å². The maximum absolute atomic E-state index is 11.6. The predicted molar refractivity (Wildman–Crippen MR) is 87.6 cm³/mol. The van der Waals surface area contributed by atoms with Gasteiger partial charge in [-0.15, -0.1) is 11.7 Å². The van der Waals surface area contributed by atoms with Crippen molar-refractivity contribution >= 4 is 45.9 Å². The lowest BCUT2D eigenvalue weighted by atomic mass is 10.3. The smallest absolute Gasteiger partial charge is 0.239 e. The molecule has 1 heterocycles. The van der Waals surface area contributed by atoms with Gasteiger partial charge in [0, 0.05) is 12.2 Å². The van der Waals surface area contributed by atoms with Crippen molar-refractivity contribution in [3.8, 4) is 0 Å². The molecule has 20 heavy (non-hydrogen) atoms. The Kier molecular flexibility index (Phi) is 5.14. The average molecular weight is 306 g/mol. The van der Waals surface area contributed by atoms with E-state index >= 15 is 0 Å². The van der Waals surface area contributed by atoms with Gasteiger partial charge in [-0.1, -0.05) is 36.0 Å². The zero-order valence-electron chi connectivity index (χ0n) is 10.7. The van der Waals surface area contributed by atoms with Gasteiger partial charge in [0.05, 0.1) is 5.75 Å². The number of rotatable bonds is 4. The van der Waals surface area contributed by atoms with Crippen molar-refractivity contribution in [3.05, 3.63) is 43.0 Å². The third kappa shape index (κ3) is 3.82. The van der Waals surface area contributed by atoms with E-state index in [1.807, 2.05) is 30.3 Å². The SMILES string of the molecule is C=CCN1C(=O)CSC1=NNC(=S)Nc1ccccc1. The van der Waals surface area contributed by atoms with Gasteiger partial charge in [-0.25, -0.2) is 0 Å². The molecule has 1 aromatic rings. The standard InChI is InChI=1S/C13H14N4OS2/c1-2-8-17-11(18)9-20-13(17)16-15-12(19)14-10-6-4-3-5-7-10/h2-7H,1,8-9H2,(H2,14,15,19). The Labute approximate surface area is 127 Å². The topological polar surface area (TPSA) is 56.7 Å². The van der Waals surface area contributed by atoms with Crippen molar-refractivity contribution in [1.29, 1.82) is 0 Å². The number of hydrazone groups is 1. The molecule has 1 amide bonds. The lowest BCUT2D eigenvalue weighted by Crippen LogP contribution is -2.32. The lowest BCUT2D eigenvalue weighted by Gasteiger charge is -2.13. The van der Waals surface area contributed by atoms with Crippen LogP contribution in [0.5, 0.6) is 0 Å². The molecule has 1 aromatic carbocycles. The molecule has 0 bridgehead atoms. The summed E-state index contributed by atoms with van der Waals surface area (Å²) in [5.74, 6) is 0.421. The second kappa shape index (κ2) is 7.06. The molecule has 5 nitrogen and oxygen atoms in total. The average Bonchev–Trinajstić information content (AvgIpc) is 2.79. The van der Waals surface area contributed by atoms with Crippen LogP contribution in [-0.2, 0) is 4.79 Å². The molecule has 0 aliphatic carbocycles. The fourth-order valence-corrected chi connectivity index (χ4v) is 2.58. The lowest BCUT2D eigenvalue weighted by molar-refractivity contribution is -0.123. The highest BCUT2D eigenvalue weighted by molar-refractivity contribution is 8.15. The minimum atomic E-state index is 0.0254. The summed E-state index contributed by atoms with van der Waals surface area (Å²) >= 11 is 6.52. The Morgan fingerprint density at radius 1 is 1.50 bits per heavy atom. The predicted octanol–water partition coefficient (Wildman–Crippen LogP) is 2.01. The molecule has 0 atom stereocenters. The number of carbonyl (C=O) groups excluding carboxylic acids is 1. The Balaban J connectivity index is 1.93. The van der Waals surface area contributed by atoms with Gasteiger partial charge in [0.15, 0.2) is 10.3 Å². The van der Waals surface area contributed by atoms with Crippen LogP contribution >= 0.6 is 24.0 Å². The molecule has 1 saturated heterocycles. The van der Waals surface area contributed by atoms with Crippen molar-refractivity contribution < 1.29 is 4.79 Å². The van der Waals surface area contributed by atoms with E-state index in [0.29, 0.717) is 22.6 Å². The van der Waals surface area contributed by atoms with Crippen LogP contribution in [0.3, 0.4) is 0 Å². The van der Waals surface area contributed by atoms with Crippen LogP contribution in [0.1, 0.15) is 0 Å². The molecule has 0 radical (unpaired) electrons. The summed E-state index contributed by atoms with van der Waals surface area (Å²) in [5, 5.41) is 8.14. The van der Waals surface area contributed by atoms with E-state index in [-0.39, 0.29) is 5.91 Å². The summed E-state index contributed by atoms with van der Waals surface area (Å²) in [6.07, 6.45) is 1.67. The maximum Gasteiger partial charge on any atom is 0.239 e. The summed E-state index contributed by atoms with van der Waals surface area (Å²) in [6.45, 7) is 4.08. The van der Waals surface area contributed by atoms with Gasteiger partial charge in [-0.2, -0.15) is 0 Å². The molecule has 0 saturated carbocycles. The zero-order valence-corrected chi connectivity index (χ0v) is 12.3. The number of nitrogens with one attached hydrogen (secondary N) is 2. The van der Waals surface area contributed by atoms with Gasteiger partial charge in [0.1, 0.15) is 0 Å². The summed E-state index contributed by atoms with van der Waals surface area (Å²) in [6, 6.07) is 9.55. The van der Waals surface area contributed by atoms with E-state index < -0.39 is 0 Å². The van der Waals surface area contributed by atoms with Crippen LogP contribution in [0.2, 0.25) is 0 Å². The first kappa shape index (κ1) is 14.5. The first-order chi connectivity index (χ1) is 9.70. The van der Waals surface area contributed by atoms with Gasteiger partial charge in [-0.05, 0) is 24.4 Å². The third-order valence-corrected chi connectivity index (χ3v) is 3.61. The number of carbonyl (C=O) groups is 1. The minimum absolute atomic E-state index is 0.0254. The number of thiocarbonyl (C=S) groups is 1. The Hall–Kier alpha value is -1.86. The van der Waals surface area contributed by atoms with Gasteiger partial charge < -0.3 is 5.32 Å². The summed E-state index contributed by atoms with van der Waals surface area (Å²) in [5.41, 5.74) is 3.62. The van der Waals surface area contributed by atoms with Gasteiger partial charge in [0.2, 0.25) is 5.91 Å². The third-order valence-electron chi connectivity index (χ3n) is 2.45. The van der Waals surface area contributed by atoms with Crippen molar-refractivity contribution in [1.82, 2.24) is 10.3 Å². The molecule has 1 aliphatic rings. The molecular weight excluding hydrogens is 292 g/mol. The second-order valence-electron chi connectivity index (χ2n) is 3.91. The fraction of sp³-hybridized carbons (Fsp3) is 0.154. The largest absolute Gasteiger partial charge is 0.331 e. The highest BCUT2D eigenvalue weighted by atomic mass is 32.2. The van der Waals surface area contributed by atoms with E-state index in [1.54, 1.807) is 11.0 Å². The first-order valence-corrected chi connectivity index (χ1v) is 7.34. The van der Waals surface area contributed by atoms with Gasteiger partial charge in [-0.3, -0.25) is 15.1 Å². The van der Waals surface area contributed by atoms with E-state index in [4.69, 9.17) is 12.2 Å². The number of para-hydroxylation sites is 1. The summed E-state index contributed by atoms with van der Waals surface area (Å²) in [7, 11) is 0. The molecular formula is C13H14N4OS2. The van der Waals surface area contributed by atoms with E-state index in [9.17, 15) is 4.79 Å². The monoisotopic (exact) mass is 306 g/mol. The van der Waals surface area contributed by atoms with Crippen LogP contribution in [-0.4, -0.2) is 33.4 Å². The van der Waals surface area contributed by atoms with E-state index in [2.05, 4.69) is 22.4 Å². The molecule has 2 rings (SSSR count). The van der Waals surface area contributed by atoms with Crippen molar-refractivity contribution in [3.63, 3.8) is 0 Å².